The van der Waals surface area contributed by atoms with Gasteiger partial charge in [0.1, 0.15) is 5.69 Å². The number of hydrogen-bond donors (Lipinski definition) is 2. The highest BCUT2D eigenvalue weighted by Gasteiger charge is 2.13. The minimum atomic E-state index is -0.270. The molecule has 0 aliphatic heterocycles. The largest absolute Gasteiger partial charge is 0.351 e. The Balaban J connectivity index is 2.18. The molecule has 0 radical (unpaired) electrons. The summed E-state index contributed by atoms with van der Waals surface area (Å²) in [6, 6.07) is 8.94. The fourth-order valence-corrected chi connectivity index (χ4v) is 2.22. The first kappa shape index (κ1) is 16.7. The molecule has 2 amide bonds. The van der Waals surface area contributed by atoms with Crippen LogP contribution in [0.15, 0.2) is 36.5 Å². The minimum Gasteiger partial charge on any atom is -0.351 e. The topological polar surface area (TPSA) is 71.1 Å². The number of anilines is 1. The number of carbonyl (C=O) groups excluding carboxylic acids is 2. The smallest absolute Gasteiger partial charge is 0.269 e. The second kappa shape index (κ2) is 7.54. The van der Waals surface area contributed by atoms with E-state index in [1.54, 1.807) is 6.07 Å². The first-order chi connectivity index (χ1) is 11.0. The Labute approximate surface area is 136 Å². The van der Waals surface area contributed by atoms with E-state index in [4.69, 9.17) is 0 Å². The Bertz CT molecular complexity index is 706. The molecule has 0 bridgehead atoms. The zero-order chi connectivity index (χ0) is 16.8. The summed E-state index contributed by atoms with van der Waals surface area (Å²) in [7, 11) is 0. The lowest BCUT2D eigenvalue weighted by Gasteiger charge is -2.11. The molecule has 1 aromatic heterocycles. The van der Waals surface area contributed by atoms with Crippen molar-refractivity contribution in [3.63, 3.8) is 0 Å². The number of pyridine rings is 1. The minimum absolute atomic E-state index is 0.243. The van der Waals surface area contributed by atoms with E-state index in [0.29, 0.717) is 12.1 Å². The van der Waals surface area contributed by atoms with Crippen LogP contribution in [0.1, 0.15) is 45.3 Å². The first-order valence-electron chi connectivity index (χ1n) is 7.64. The van der Waals surface area contributed by atoms with Gasteiger partial charge in [0.25, 0.3) is 11.8 Å². The standard InChI is InChI=1S/C18H21N3O2/c1-4-9-20-18(23)15-11-14(8-10-19-15)17(22)21-16-12(2)6-5-7-13(16)3/h5-8,10-11H,4,9H2,1-3H3,(H,20,23)(H,21,22). The summed E-state index contributed by atoms with van der Waals surface area (Å²) in [6.45, 7) is 6.44. The monoisotopic (exact) mass is 311 g/mol. The fraction of sp³-hybridized carbons (Fsp3) is 0.278. The van der Waals surface area contributed by atoms with Crippen molar-refractivity contribution in [3.05, 3.63) is 58.9 Å². The van der Waals surface area contributed by atoms with Crippen LogP contribution in [0.3, 0.4) is 0 Å². The third kappa shape index (κ3) is 4.16. The molecule has 120 valence electrons. The zero-order valence-corrected chi connectivity index (χ0v) is 13.6. The van der Waals surface area contributed by atoms with Crippen molar-refractivity contribution >= 4 is 17.5 Å². The molecule has 0 fully saturated rings. The number of amides is 2. The molecule has 0 spiro atoms. The number of nitrogens with zero attached hydrogens (tertiary/aromatic N) is 1. The number of aryl methyl sites for hydroxylation is 2. The molecule has 2 rings (SSSR count). The van der Waals surface area contributed by atoms with Crippen molar-refractivity contribution in [2.24, 2.45) is 0 Å². The summed E-state index contributed by atoms with van der Waals surface area (Å²) in [5.41, 5.74) is 3.44. The van der Waals surface area contributed by atoms with E-state index < -0.39 is 0 Å². The van der Waals surface area contributed by atoms with Crippen molar-refractivity contribution in [2.75, 3.05) is 11.9 Å². The molecule has 0 saturated carbocycles. The summed E-state index contributed by atoms with van der Waals surface area (Å²) in [5, 5.41) is 5.66. The summed E-state index contributed by atoms with van der Waals surface area (Å²) in [5.74, 6) is -0.525. The van der Waals surface area contributed by atoms with Crippen molar-refractivity contribution in [3.8, 4) is 0 Å². The van der Waals surface area contributed by atoms with Crippen LogP contribution in [0.4, 0.5) is 5.69 Å². The Morgan fingerprint density at radius 1 is 1.09 bits per heavy atom. The summed E-state index contributed by atoms with van der Waals surface area (Å²) in [4.78, 5) is 28.4. The molecule has 0 saturated heterocycles. The van der Waals surface area contributed by atoms with Gasteiger partial charge in [-0.2, -0.15) is 0 Å². The third-order valence-corrected chi connectivity index (χ3v) is 3.51. The van der Waals surface area contributed by atoms with Gasteiger partial charge in [0.05, 0.1) is 0 Å². The maximum atomic E-state index is 12.4. The molecule has 0 aliphatic carbocycles. The van der Waals surface area contributed by atoms with Crippen molar-refractivity contribution in [2.45, 2.75) is 27.2 Å². The molecular formula is C18H21N3O2. The molecule has 1 aromatic carbocycles. The number of para-hydroxylation sites is 1. The highest BCUT2D eigenvalue weighted by molar-refractivity contribution is 6.06. The van der Waals surface area contributed by atoms with Gasteiger partial charge in [-0.25, -0.2) is 0 Å². The highest BCUT2D eigenvalue weighted by atomic mass is 16.2. The van der Waals surface area contributed by atoms with Gasteiger partial charge in [0, 0.05) is 24.0 Å². The van der Waals surface area contributed by atoms with Gasteiger partial charge in [-0.15, -0.1) is 0 Å². The maximum absolute atomic E-state index is 12.4. The lowest BCUT2D eigenvalue weighted by molar-refractivity contribution is 0.0948. The second-order valence-electron chi connectivity index (χ2n) is 5.41. The number of aromatic nitrogens is 1. The van der Waals surface area contributed by atoms with Gasteiger partial charge in [-0.1, -0.05) is 25.1 Å². The molecule has 2 N–H and O–H groups in total. The van der Waals surface area contributed by atoms with Crippen LogP contribution in [0.25, 0.3) is 0 Å². The van der Waals surface area contributed by atoms with E-state index in [9.17, 15) is 9.59 Å². The number of hydrogen-bond acceptors (Lipinski definition) is 3. The van der Waals surface area contributed by atoms with E-state index in [1.807, 2.05) is 39.0 Å². The van der Waals surface area contributed by atoms with Crippen molar-refractivity contribution in [1.29, 1.82) is 0 Å². The summed E-state index contributed by atoms with van der Waals surface area (Å²) < 4.78 is 0. The van der Waals surface area contributed by atoms with E-state index in [1.165, 1.54) is 12.3 Å². The van der Waals surface area contributed by atoms with E-state index >= 15 is 0 Å². The molecule has 5 nitrogen and oxygen atoms in total. The quantitative estimate of drug-likeness (QED) is 0.891. The Morgan fingerprint density at radius 2 is 1.78 bits per heavy atom. The molecule has 0 atom stereocenters. The van der Waals surface area contributed by atoms with Gasteiger partial charge >= 0.3 is 0 Å². The fourth-order valence-electron chi connectivity index (χ4n) is 2.22. The molecule has 2 aromatic rings. The maximum Gasteiger partial charge on any atom is 0.269 e. The van der Waals surface area contributed by atoms with Crippen LogP contribution >= 0.6 is 0 Å². The molecule has 1 heterocycles. The normalized spacial score (nSPS) is 10.2. The highest BCUT2D eigenvalue weighted by Crippen LogP contribution is 2.20. The summed E-state index contributed by atoms with van der Waals surface area (Å²) in [6.07, 6.45) is 2.32. The van der Waals surface area contributed by atoms with E-state index in [2.05, 4.69) is 15.6 Å². The van der Waals surface area contributed by atoms with Gasteiger partial charge < -0.3 is 10.6 Å². The molecular weight excluding hydrogens is 290 g/mol. The van der Waals surface area contributed by atoms with Crippen LogP contribution in [0.5, 0.6) is 0 Å². The zero-order valence-electron chi connectivity index (χ0n) is 13.6. The van der Waals surface area contributed by atoms with Crippen LogP contribution < -0.4 is 10.6 Å². The number of benzene rings is 1. The first-order valence-corrected chi connectivity index (χ1v) is 7.64. The van der Waals surface area contributed by atoms with Crippen LogP contribution in [-0.2, 0) is 0 Å². The molecule has 0 unspecified atom stereocenters. The predicted molar refractivity (Wildman–Crippen MR) is 90.7 cm³/mol. The van der Waals surface area contributed by atoms with Gasteiger partial charge in [-0.05, 0) is 43.5 Å². The van der Waals surface area contributed by atoms with Gasteiger partial charge in [-0.3, -0.25) is 14.6 Å². The van der Waals surface area contributed by atoms with Crippen molar-refractivity contribution in [1.82, 2.24) is 10.3 Å². The number of nitrogens with one attached hydrogen (secondary N) is 2. The average molecular weight is 311 g/mol. The van der Waals surface area contributed by atoms with Gasteiger partial charge in [0.15, 0.2) is 0 Å². The van der Waals surface area contributed by atoms with Crippen LogP contribution in [0, 0.1) is 13.8 Å². The third-order valence-electron chi connectivity index (χ3n) is 3.51. The number of carbonyl (C=O) groups is 2. The van der Waals surface area contributed by atoms with Crippen LogP contribution in [-0.4, -0.2) is 23.3 Å². The lowest BCUT2D eigenvalue weighted by Crippen LogP contribution is -2.25. The Morgan fingerprint density at radius 3 is 2.43 bits per heavy atom. The second-order valence-corrected chi connectivity index (χ2v) is 5.41. The average Bonchev–Trinajstić information content (AvgIpc) is 2.56. The van der Waals surface area contributed by atoms with Gasteiger partial charge in [0.2, 0.25) is 0 Å². The number of rotatable bonds is 5. The Hall–Kier alpha value is -2.69. The van der Waals surface area contributed by atoms with E-state index in [0.717, 1.165) is 23.2 Å². The molecule has 23 heavy (non-hydrogen) atoms. The predicted octanol–water partition coefficient (Wildman–Crippen LogP) is 3.09. The SMILES string of the molecule is CCCNC(=O)c1cc(C(=O)Nc2c(C)cccc2C)ccn1. The Kier molecular flexibility index (Phi) is 5.46. The summed E-state index contributed by atoms with van der Waals surface area (Å²) >= 11 is 0. The van der Waals surface area contributed by atoms with Crippen molar-refractivity contribution < 1.29 is 9.59 Å². The molecule has 5 heteroatoms. The lowest BCUT2D eigenvalue weighted by atomic mass is 10.1. The molecule has 0 aliphatic rings. The van der Waals surface area contributed by atoms with E-state index in [-0.39, 0.29) is 17.5 Å². The van der Waals surface area contributed by atoms with Crippen LogP contribution in [0.2, 0.25) is 0 Å².